The standard InChI is InChI=1S/C26H22N4O5S/c1-3-34-20-9-14(5-7-18(20)31)10-22-25(33)30-24(29)16(12-27)23(17(13-28)26(30)36-22)15-6-8-19(32)21(11-15)35-4-2/h5-11,23,31-32H,3-4,29H2,1-2H3/b22-10+/t23-/m1/s1. The Morgan fingerprint density at radius 2 is 1.64 bits per heavy atom. The number of nitriles is 2. The molecule has 1 aliphatic heterocycles. The fourth-order valence-corrected chi connectivity index (χ4v) is 5.14. The SMILES string of the molecule is CCOc1cc(/C=c2/sc3n(c2=O)C(N)=C(C#N)[C@@H](c2ccc(O)c(OCC)c2)C=3C#N)ccc1O. The number of thiazole rings is 1. The van der Waals surface area contributed by atoms with Gasteiger partial charge in [0.1, 0.15) is 10.5 Å². The number of hydrogen-bond acceptors (Lipinski definition) is 9. The first-order valence-electron chi connectivity index (χ1n) is 11.0. The van der Waals surface area contributed by atoms with Crippen molar-refractivity contribution in [2.45, 2.75) is 19.8 Å². The van der Waals surface area contributed by atoms with E-state index in [1.54, 1.807) is 44.2 Å². The second kappa shape index (κ2) is 9.90. The first-order valence-corrected chi connectivity index (χ1v) is 11.9. The lowest BCUT2D eigenvalue weighted by molar-refractivity contribution is 0.317. The first kappa shape index (κ1) is 24.5. The molecule has 0 saturated carbocycles. The number of fused-ring (bicyclic) bond motifs is 1. The molecule has 0 bridgehead atoms. The number of phenolic OH excluding ortho intramolecular Hbond substituents is 2. The summed E-state index contributed by atoms with van der Waals surface area (Å²) in [6.45, 7) is 4.23. The third-order valence-electron chi connectivity index (χ3n) is 5.59. The number of benzene rings is 2. The normalized spacial score (nSPS) is 15.3. The minimum Gasteiger partial charge on any atom is -0.504 e. The van der Waals surface area contributed by atoms with E-state index in [9.17, 15) is 25.5 Å². The van der Waals surface area contributed by atoms with Crippen LogP contribution in [0.1, 0.15) is 30.9 Å². The summed E-state index contributed by atoms with van der Waals surface area (Å²) in [7, 11) is 0. The van der Waals surface area contributed by atoms with Crippen molar-refractivity contribution in [1.82, 2.24) is 4.57 Å². The van der Waals surface area contributed by atoms with Gasteiger partial charge in [-0.3, -0.25) is 9.36 Å². The van der Waals surface area contributed by atoms with Gasteiger partial charge in [0.2, 0.25) is 0 Å². The van der Waals surface area contributed by atoms with Gasteiger partial charge in [0.25, 0.3) is 5.56 Å². The molecule has 0 saturated heterocycles. The van der Waals surface area contributed by atoms with Crippen LogP contribution < -0.4 is 30.0 Å². The zero-order valence-corrected chi connectivity index (χ0v) is 20.3. The van der Waals surface area contributed by atoms with Crippen molar-refractivity contribution in [3.8, 4) is 35.1 Å². The van der Waals surface area contributed by atoms with E-state index in [4.69, 9.17) is 15.2 Å². The lowest BCUT2D eigenvalue weighted by Crippen LogP contribution is -2.38. The van der Waals surface area contributed by atoms with Crippen LogP contribution in [0.15, 0.2) is 46.8 Å². The average Bonchev–Trinajstić information content (AvgIpc) is 3.18. The molecule has 0 radical (unpaired) electrons. The predicted octanol–water partition coefficient (Wildman–Crippen LogP) is 2.07. The van der Waals surface area contributed by atoms with Gasteiger partial charge >= 0.3 is 0 Å². The molecular weight excluding hydrogens is 480 g/mol. The number of phenols is 2. The number of ether oxygens (including phenoxy) is 2. The smallest absolute Gasteiger partial charge is 0.274 e. The Morgan fingerprint density at radius 3 is 2.25 bits per heavy atom. The van der Waals surface area contributed by atoms with Crippen molar-refractivity contribution in [3.05, 3.63) is 72.6 Å². The van der Waals surface area contributed by atoms with Crippen LogP contribution in [0, 0.1) is 22.7 Å². The van der Waals surface area contributed by atoms with Gasteiger partial charge in [-0.25, -0.2) is 0 Å². The molecule has 9 nitrogen and oxygen atoms in total. The predicted molar refractivity (Wildman–Crippen MR) is 135 cm³/mol. The van der Waals surface area contributed by atoms with Crippen LogP contribution in [0.4, 0.5) is 0 Å². The van der Waals surface area contributed by atoms with E-state index in [-0.39, 0.29) is 44.5 Å². The van der Waals surface area contributed by atoms with E-state index < -0.39 is 11.5 Å². The molecule has 10 heteroatoms. The Bertz CT molecular complexity index is 1650. The Labute approximate surface area is 210 Å². The van der Waals surface area contributed by atoms with Gasteiger partial charge in [-0.05, 0) is 55.3 Å². The molecule has 36 heavy (non-hydrogen) atoms. The van der Waals surface area contributed by atoms with E-state index in [1.165, 1.54) is 16.7 Å². The van der Waals surface area contributed by atoms with Crippen LogP contribution in [-0.4, -0.2) is 28.0 Å². The van der Waals surface area contributed by atoms with Gasteiger partial charge in [0.05, 0.1) is 46.9 Å². The average molecular weight is 503 g/mol. The second-order valence-electron chi connectivity index (χ2n) is 7.75. The van der Waals surface area contributed by atoms with Gasteiger partial charge in [0.15, 0.2) is 23.0 Å². The molecule has 2 aromatic carbocycles. The summed E-state index contributed by atoms with van der Waals surface area (Å²) in [5, 5.41) is 40.1. The minimum atomic E-state index is -0.844. The topological polar surface area (TPSA) is 155 Å². The highest BCUT2D eigenvalue weighted by atomic mass is 32.1. The van der Waals surface area contributed by atoms with Crippen LogP contribution >= 0.6 is 11.3 Å². The van der Waals surface area contributed by atoms with E-state index in [2.05, 4.69) is 12.1 Å². The van der Waals surface area contributed by atoms with Crippen LogP contribution in [0.2, 0.25) is 0 Å². The largest absolute Gasteiger partial charge is 0.504 e. The minimum absolute atomic E-state index is 0.0229. The first-order chi connectivity index (χ1) is 17.3. The summed E-state index contributed by atoms with van der Waals surface area (Å²) < 4.78 is 12.7. The number of rotatable bonds is 6. The fourth-order valence-electron chi connectivity index (χ4n) is 4.01. The Morgan fingerprint density at radius 1 is 1.03 bits per heavy atom. The number of nitrogens with two attached hydrogens (primary N) is 1. The quantitative estimate of drug-likeness (QED) is 0.463. The number of allylic oxidation sites excluding steroid dienone is 1. The third-order valence-corrected chi connectivity index (χ3v) is 6.70. The molecule has 4 rings (SSSR count). The van der Waals surface area contributed by atoms with Gasteiger partial charge in [-0.15, -0.1) is 11.3 Å². The molecule has 0 spiro atoms. The van der Waals surface area contributed by atoms with E-state index in [1.807, 2.05) is 0 Å². The van der Waals surface area contributed by atoms with Gasteiger partial charge < -0.3 is 25.4 Å². The maximum Gasteiger partial charge on any atom is 0.274 e. The Balaban J connectivity index is 1.98. The maximum atomic E-state index is 13.3. The summed E-state index contributed by atoms with van der Waals surface area (Å²) >= 11 is 1.07. The molecule has 1 atom stereocenters. The van der Waals surface area contributed by atoms with Gasteiger partial charge in [-0.1, -0.05) is 12.1 Å². The molecule has 4 N–H and O–H groups in total. The van der Waals surface area contributed by atoms with Gasteiger partial charge in [-0.2, -0.15) is 10.5 Å². The van der Waals surface area contributed by atoms with Crippen molar-refractivity contribution < 1.29 is 19.7 Å². The van der Waals surface area contributed by atoms with Crippen molar-refractivity contribution in [3.63, 3.8) is 0 Å². The Hall–Kier alpha value is -4.67. The summed E-state index contributed by atoms with van der Waals surface area (Å²) in [4.78, 5) is 13.3. The summed E-state index contributed by atoms with van der Waals surface area (Å²) in [6, 6.07) is 13.5. The molecule has 1 aromatic heterocycles. The maximum absolute atomic E-state index is 13.3. The molecule has 182 valence electrons. The second-order valence-corrected chi connectivity index (χ2v) is 8.78. The zero-order chi connectivity index (χ0) is 26.0. The highest BCUT2D eigenvalue weighted by Gasteiger charge is 2.32. The molecule has 0 fully saturated rings. The van der Waals surface area contributed by atoms with E-state index >= 15 is 0 Å². The highest BCUT2D eigenvalue weighted by molar-refractivity contribution is 7.07. The van der Waals surface area contributed by atoms with Crippen molar-refractivity contribution in [2.75, 3.05) is 13.2 Å². The van der Waals surface area contributed by atoms with E-state index in [0.29, 0.717) is 29.0 Å². The molecule has 1 aliphatic rings. The van der Waals surface area contributed by atoms with Crippen LogP contribution in [0.5, 0.6) is 23.0 Å². The third kappa shape index (κ3) is 4.15. The fraction of sp³-hybridized carbons (Fsp3) is 0.192. The van der Waals surface area contributed by atoms with Crippen LogP contribution in [0.3, 0.4) is 0 Å². The zero-order valence-electron chi connectivity index (χ0n) is 19.5. The summed E-state index contributed by atoms with van der Waals surface area (Å²) in [5.74, 6) is -0.515. The van der Waals surface area contributed by atoms with Crippen molar-refractivity contribution in [2.24, 2.45) is 5.73 Å². The number of aromatic nitrogens is 1. The van der Waals surface area contributed by atoms with Crippen LogP contribution in [-0.2, 0) is 0 Å². The summed E-state index contributed by atoms with van der Waals surface area (Å²) in [6.07, 6.45) is 1.61. The molecule has 0 unspecified atom stereocenters. The van der Waals surface area contributed by atoms with Gasteiger partial charge in [0, 0.05) is 0 Å². The lowest BCUT2D eigenvalue weighted by atomic mass is 9.84. The van der Waals surface area contributed by atoms with Crippen LogP contribution in [0.25, 0.3) is 17.5 Å². The van der Waals surface area contributed by atoms with Crippen molar-refractivity contribution >= 4 is 28.8 Å². The summed E-state index contributed by atoms with van der Waals surface area (Å²) in [5.41, 5.74) is 7.19. The Kier molecular flexibility index (Phi) is 6.73. The molecular formula is C26H22N4O5S. The monoisotopic (exact) mass is 502 g/mol. The number of hydrogen-bond donors (Lipinski definition) is 3. The molecule has 2 heterocycles. The highest BCUT2D eigenvalue weighted by Crippen LogP contribution is 2.39. The lowest BCUT2D eigenvalue weighted by Gasteiger charge is -2.22. The number of nitrogens with zero attached hydrogens (tertiary/aromatic N) is 3. The van der Waals surface area contributed by atoms with Crippen molar-refractivity contribution in [1.29, 1.82) is 10.5 Å². The number of aromatic hydroxyl groups is 2. The molecule has 0 amide bonds. The van der Waals surface area contributed by atoms with E-state index in [0.717, 1.165) is 11.3 Å². The molecule has 3 aromatic rings. The molecule has 0 aliphatic carbocycles.